The number of benzene rings is 2. The Hall–Kier alpha value is -2.70. The maximum atomic E-state index is 13.0. The third kappa shape index (κ3) is 4.09. The van der Waals surface area contributed by atoms with E-state index < -0.39 is 11.7 Å². The Morgan fingerprint density at radius 2 is 1.81 bits per heavy atom. The number of halogens is 3. The maximum absolute atomic E-state index is 13.0. The predicted molar refractivity (Wildman–Crippen MR) is 89.1 cm³/mol. The van der Waals surface area contributed by atoms with E-state index in [2.05, 4.69) is 0 Å². The maximum Gasteiger partial charge on any atom is 0.416 e. The molecule has 0 atom stereocenters. The van der Waals surface area contributed by atoms with E-state index in [1.807, 2.05) is 0 Å². The number of likely N-dealkylation sites (tertiary alicyclic amines) is 1. The Bertz CT molecular complexity index is 786. The molecule has 2 aromatic rings. The van der Waals surface area contributed by atoms with Gasteiger partial charge >= 0.3 is 6.18 Å². The summed E-state index contributed by atoms with van der Waals surface area (Å²) < 4.78 is 49.9. The first-order valence-electron chi connectivity index (χ1n) is 8.10. The lowest BCUT2D eigenvalue weighted by molar-refractivity contribution is -0.141. The summed E-state index contributed by atoms with van der Waals surface area (Å²) in [7, 11) is 1.56. The summed E-state index contributed by atoms with van der Waals surface area (Å²) in [6, 6.07) is 12.3. The molecule has 4 nitrogen and oxygen atoms in total. The molecule has 1 heterocycles. The van der Waals surface area contributed by atoms with Crippen molar-refractivity contribution in [2.45, 2.75) is 18.7 Å². The normalized spacial score (nSPS) is 14.7. The van der Waals surface area contributed by atoms with Crippen LogP contribution in [0.3, 0.4) is 0 Å². The van der Waals surface area contributed by atoms with E-state index in [1.54, 1.807) is 31.4 Å². The summed E-state index contributed by atoms with van der Waals surface area (Å²) in [6.07, 6.45) is -4.92. The second-order valence-electron chi connectivity index (χ2n) is 6.05. The smallest absolute Gasteiger partial charge is 0.416 e. The van der Waals surface area contributed by atoms with E-state index in [0.29, 0.717) is 24.6 Å². The first-order chi connectivity index (χ1) is 12.4. The highest BCUT2D eigenvalue weighted by atomic mass is 19.4. The van der Waals surface area contributed by atoms with Crippen molar-refractivity contribution >= 4 is 5.91 Å². The third-order valence-corrected chi connectivity index (χ3v) is 4.21. The van der Waals surface area contributed by atoms with E-state index in [-0.39, 0.29) is 24.0 Å². The predicted octanol–water partition coefficient (Wildman–Crippen LogP) is 3.55. The number of amides is 1. The molecule has 0 aliphatic carbocycles. The number of alkyl halides is 3. The Morgan fingerprint density at radius 1 is 1.12 bits per heavy atom. The van der Waals surface area contributed by atoms with Crippen molar-refractivity contribution in [2.75, 3.05) is 20.2 Å². The van der Waals surface area contributed by atoms with Crippen LogP contribution in [-0.4, -0.2) is 37.1 Å². The fraction of sp³-hybridized carbons (Fsp3) is 0.316. The molecule has 0 unspecified atom stereocenters. The molecule has 0 bridgehead atoms. The fourth-order valence-corrected chi connectivity index (χ4v) is 2.81. The van der Waals surface area contributed by atoms with Crippen LogP contribution in [0.5, 0.6) is 11.5 Å². The van der Waals surface area contributed by atoms with Gasteiger partial charge in [0, 0.05) is 6.07 Å². The molecule has 0 aromatic heterocycles. The molecule has 7 heteroatoms. The minimum atomic E-state index is -4.47. The zero-order valence-corrected chi connectivity index (χ0v) is 14.1. The number of hydrogen-bond acceptors (Lipinski definition) is 3. The first kappa shape index (κ1) is 18.1. The molecule has 138 valence electrons. The van der Waals surface area contributed by atoms with Crippen LogP contribution in [0.25, 0.3) is 0 Å². The second-order valence-corrected chi connectivity index (χ2v) is 6.05. The van der Waals surface area contributed by atoms with Gasteiger partial charge in [-0.1, -0.05) is 24.3 Å². The number of methoxy groups -OCH3 is 1. The lowest BCUT2D eigenvalue weighted by Gasteiger charge is -2.39. The van der Waals surface area contributed by atoms with Crippen molar-refractivity contribution in [1.29, 1.82) is 0 Å². The van der Waals surface area contributed by atoms with E-state index in [9.17, 15) is 18.0 Å². The number of rotatable bonds is 5. The zero-order chi connectivity index (χ0) is 18.7. The van der Waals surface area contributed by atoms with Gasteiger partial charge in [-0.3, -0.25) is 4.79 Å². The number of ether oxygens (including phenoxy) is 2. The van der Waals surface area contributed by atoms with Gasteiger partial charge < -0.3 is 14.4 Å². The summed E-state index contributed by atoms with van der Waals surface area (Å²) >= 11 is 0. The van der Waals surface area contributed by atoms with Gasteiger partial charge in [-0.05, 0) is 23.8 Å². The largest absolute Gasteiger partial charge is 0.497 e. The summed E-state index contributed by atoms with van der Waals surface area (Å²) in [6.45, 7) is 0.703. The number of hydrogen-bond donors (Lipinski definition) is 0. The number of carbonyl (C=O) groups is 1. The Labute approximate surface area is 149 Å². The fourth-order valence-electron chi connectivity index (χ4n) is 2.81. The van der Waals surface area contributed by atoms with E-state index in [1.165, 1.54) is 23.1 Å². The van der Waals surface area contributed by atoms with Gasteiger partial charge in [-0.2, -0.15) is 13.2 Å². The molecule has 1 saturated heterocycles. The highest BCUT2D eigenvalue weighted by molar-refractivity contribution is 5.80. The zero-order valence-electron chi connectivity index (χ0n) is 14.1. The van der Waals surface area contributed by atoms with Gasteiger partial charge in [0.15, 0.2) is 0 Å². The number of carbonyl (C=O) groups excluding carboxylic acids is 1. The quantitative estimate of drug-likeness (QED) is 0.814. The Morgan fingerprint density at radius 3 is 2.50 bits per heavy atom. The Kier molecular flexibility index (Phi) is 5.06. The minimum Gasteiger partial charge on any atom is -0.497 e. The number of nitrogens with zero attached hydrogens (tertiary/aromatic N) is 1. The highest BCUT2D eigenvalue weighted by Gasteiger charge is 2.36. The Balaban J connectivity index is 1.56. The van der Waals surface area contributed by atoms with E-state index in [0.717, 1.165) is 6.07 Å². The van der Waals surface area contributed by atoms with Gasteiger partial charge in [0.2, 0.25) is 5.91 Å². The van der Waals surface area contributed by atoms with Gasteiger partial charge in [0.25, 0.3) is 0 Å². The van der Waals surface area contributed by atoms with Crippen LogP contribution >= 0.6 is 0 Å². The third-order valence-electron chi connectivity index (χ3n) is 4.21. The minimum absolute atomic E-state index is 0.0119. The van der Waals surface area contributed by atoms with Crippen molar-refractivity contribution in [2.24, 2.45) is 0 Å². The van der Waals surface area contributed by atoms with Crippen LogP contribution in [0.4, 0.5) is 13.2 Å². The van der Waals surface area contributed by atoms with Crippen LogP contribution in [0.1, 0.15) is 11.1 Å². The molecule has 3 rings (SSSR count). The van der Waals surface area contributed by atoms with E-state index >= 15 is 0 Å². The van der Waals surface area contributed by atoms with Crippen LogP contribution in [-0.2, 0) is 17.4 Å². The van der Waals surface area contributed by atoms with Gasteiger partial charge in [-0.15, -0.1) is 0 Å². The van der Waals surface area contributed by atoms with Gasteiger partial charge in [0.05, 0.1) is 32.2 Å². The second kappa shape index (κ2) is 7.27. The summed E-state index contributed by atoms with van der Waals surface area (Å²) in [5.41, 5.74) is -0.778. The van der Waals surface area contributed by atoms with Crippen LogP contribution in [0, 0.1) is 0 Å². The van der Waals surface area contributed by atoms with Crippen molar-refractivity contribution in [3.8, 4) is 11.5 Å². The monoisotopic (exact) mass is 365 g/mol. The van der Waals surface area contributed by atoms with Crippen molar-refractivity contribution in [3.63, 3.8) is 0 Å². The van der Waals surface area contributed by atoms with Gasteiger partial charge in [0.1, 0.15) is 17.6 Å². The molecule has 1 aliphatic rings. The topological polar surface area (TPSA) is 38.8 Å². The summed E-state index contributed by atoms with van der Waals surface area (Å²) in [5.74, 6) is 0.953. The van der Waals surface area contributed by atoms with Gasteiger partial charge in [-0.25, -0.2) is 0 Å². The standard InChI is InChI=1S/C19H18F3NO3/c1-25-14-6-4-7-15(10-14)26-16-11-23(12-16)18(24)9-13-5-2-3-8-17(13)19(20,21)22/h2-8,10,16H,9,11-12H2,1H3. The lowest BCUT2D eigenvalue weighted by Crippen LogP contribution is -2.56. The molecule has 0 spiro atoms. The van der Waals surface area contributed by atoms with Crippen LogP contribution in [0.2, 0.25) is 0 Å². The molecule has 1 aliphatic heterocycles. The van der Waals surface area contributed by atoms with Crippen molar-refractivity contribution in [3.05, 3.63) is 59.7 Å². The molecule has 0 saturated carbocycles. The SMILES string of the molecule is COc1cccc(OC2CN(C(=O)Cc3ccccc3C(F)(F)F)C2)c1. The molecular weight excluding hydrogens is 347 g/mol. The molecule has 0 radical (unpaired) electrons. The van der Waals surface area contributed by atoms with E-state index in [4.69, 9.17) is 9.47 Å². The average Bonchev–Trinajstić information content (AvgIpc) is 2.57. The molecule has 0 N–H and O–H groups in total. The molecule has 1 amide bonds. The molecule has 26 heavy (non-hydrogen) atoms. The first-order valence-corrected chi connectivity index (χ1v) is 8.10. The van der Waals surface area contributed by atoms with Crippen molar-refractivity contribution < 1.29 is 27.4 Å². The summed E-state index contributed by atoms with van der Waals surface area (Å²) in [5, 5.41) is 0. The highest BCUT2D eigenvalue weighted by Crippen LogP contribution is 2.32. The lowest BCUT2D eigenvalue weighted by atomic mass is 10.0. The summed E-state index contributed by atoms with van der Waals surface area (Å²) in [4.78, 5) is 13.8. The average molecular weight is 365 g/mol. The molecular formula is C19H18F3NO3. The molecule has 1 fully saturated rings. The molecule has 2 aromatic carbocycles. The van der Waals surface area contributed by atoms with Crippen LogP contribution < -0.4 is 9.47 Å². The van der Waals surface area contributed by atoms with Crippen molar-refractivity contribution in [1.82, 2.24) is 4.90 Å². The van der Waals surface area contributed by atoms with Crippen LogP contribution in [0.15, 0.2) is 48.5 Å².